The maximum Gasteiger partial charge on any atom is 0.494 e. The normalized spacial score (nSPS) is 14.0. The first kappa shape index (κ1) is 102. The lowest BCUT2D eigenvalue weighted by molar-refractivity contribution is -0.0281. The zero-order chi connectivity index (χ0) is 83.8. The molecule has 2 N–H and O–H groups in total. The van der Waals surface area contributed by atoms with Crippen LogP contribution < -0.4 is 15.9 Å². The van der Waals surface area contributed by atoms with Crippen molar-refractivity contribution < 1.29 is 137 Å². The van der Waals surface area contributed by atoms with E-state index in [2.05, 4.69) is 24.3 Å². The number of hydrogen-bond acceptors (Lipinski definition) is 28. The molecular formula is C87H140BF2NO27. The van der Waals surface area contributed by atoms with Gasteiger partial charge in [0.15, 0.2) is 0 Å². The van der Waals surface area contributed by atoms with Crippen LogP contribution in [0.3, 0.4) is 0 Å². The number of hydrogen-bond donors (Lipinski definition) is 1. The maximum atomic E-state index is 16.8. The first-order valence-electron chi connectivity index (χ1n) is 42.2. The van der Waals surface area contributed by atoms with Crippen molar-refractivity contribution in [1.82, 2.24) is 0 Å². The van der Waals surface area contributed by atoms with Gasteiger partial charge >= 0.3 is 7.12 Å². The molecule has 0 aromatic heterocycles. The minimum Gasteiger partial charge on any atom is -0.494 e. The maximum absolute atomic E-state index is 16.8. The number of methoxy groups -OCH3 is 2. The molecule has 0 unspecified atom stereocenters. The Labute approximate surface area is 700 Å². The zero-order valence-electron chi connectivity index (χ0n) is 71.5. The van der Waals surface area contributed by atoms with E-state index in [9.17, 15) is 0 Å². The van der Waals surface area contributed by atoms with Crippen LogP contribution in [0.5, 0.6) is 5.75 Å². The summed E-state index contributed by atoms with van der Waals surface area (Å²) in [5, 5.41) is 0. The molecule has 1 heterocycles. The summed E-state index contributed by atoms with van der Waals surface area (Å²) in [4.78, 5) is 0. The highest BCUT2D eigenvalue weighted by Gasteiger charge is 2.53. The summed E-state index contributed by atoms with van der Waals surface area (Å²) >= 11 is 0. The van der Waals surface area contributed by atoms with E-state index in [4.69, 9.17) is 133 Å². The van der Waals surface area contributed by atoms with Crippen molar-refractivity contribution in [3.05, 3.63) is 95.6 Å². The molecule has 4 aromatic carbocycles. The molecule has 6 rings (SSSR count). The van der Waals surface area contributed by atoms with E-state index in [1.807, 2.05) is 39.8 Å². The smallest absolute Gasteiger partial charge is 0.494 e. The fourth-order valence-electron chi connectivity index (χ4n) is 12.5. The molecule has 118 heavy (non-hydrogen) atoms. The fourth-order valence-corrected chi connectivity index (χ4v) is 12.5. The topological polar surface area (TPSA) is 275 Å². The molecule has 4 aromatic rings. The van der Waals surface area contributed by atoms with Gasteiger partial charge in [-0.05, 0) is 142 Å². The second-order valence-electron chi connectivity index (χ2n) is 28.6. The summed E-state index contributed by atoms with van der Waals surface area (Å²) in [5.41, 5.74) is 10.4. The Kier molecular flexibility index (Phi) is 57.3. The average Bonchev–Trinajstić information content (AvgIpc) is 1.56. The molecule has 28 nitrogen and oxygen atoms in total. The van der Waals surface area contributed by atoms with Gasteiger partial charge in [-0.1, -0.05) is 42.5 Å². The molecule has 0 spiro atoms. The lowest BCUT2D eigenvalue weighted by Crippen LogP contribution is -2.41. The van der Waals surface area contributed by atoms with E-state index in [1.165, 1.54) is 12.1 Å². The largest absolute Gasteiger partial charge is 0.494 e. The van der Waals surface area contributed by atoms with E-state index >= 15 is 8.78 Å². The lowest BCUT2D eigenvalue weighted by atomic mass is 9.69. The van der Waals surface area contributed by atoms with Gasteiger partial charge in [-0.3, -0.25) is 0 Å². The van der Waals surface area contributed by atoms with Crippen LogP contribution in [0.4, 0.5) is 8.78 Å². The first-order valence-corrected chi connectivity index (χ1v) is 42.2. The molecule has 1 saturated heterocycles. The summed E-state index contributed by atoms with van der Waals surface area (Å²) in [6.07, 6.45) is 4.35. The van der Waals surface area contributed by atoms with Crippen LogP contribution >= 0.6 is 0 Å². The highest BCUT2D eigenvalue weighted by Crippen LogP contribution is 2.55. The van der Waals surface area contributed by atoms with Gasteiger partial charge in [0.05, 0.1) is 309 Å². The second-order valence-corrected chi connectivity index (χ2v) is 28.6. The Bertz CT molecular complexity index is 3010. The molecule has 1 aliphatic heterocycles. The molecule has 2 aliphatic rings. The average molecular weight is 1680 g/mol. The molecule has 1 fully saturated rings. The number of unbranched alkanes of at least 4 members (excludes halogenated alkanes) is 1. The minimum absolute atomic E-state index is 0.155. The Morgan fingerprint density at radius 3 is 0.839 bits per heavy atom. The van der Waals surface area contributed by atoms with Crippen LogP contribution in [0.15, 0.2) is 72.8 Å². The Morgan fingerprint density at radius 1 is 0.280 bits per heavy atom. The van der Waals surface area contributed by atoms with Crippen molar-refractivity contribution in [2.45, 2.75) is 82.8 Å². The lowest BCUT2D eigenvalue weighted by Gasteiger charge is -2.33. The van der Waals surface area contributed by atoms with Crippen LogP contribution in [0.25, 0.3) is 33.4 Å². The first-order chi connectivity index (χ1) is 57.9. The van der Waals surface area contributed by atoms with Crippen LogP contribution in [-0.4, -0.2) is 350 Å². The molecule has 1 aliphatic carbocycles. The predicted molar refractivity (Wildman–Crippen MR) is 443 cm³/mol. The van der Waals surface area contributed by atoms with Gasteiger partial charge in [-0.2, -0.15) is 0 Å². The highest BCUT2D eigenvalue weighted by molar-refractivity contribution is 6.62. The molecule has 672 valence electrons. The third kappa shape index (κ3) is 42.7. The second kappa shape index (κ2) is 66.1. The Balaban J connectivity index is 0.886. The van der Waals surface area contributed by atoms with Gasteiger partial charge in [0.1, 0.15) is 17.4 Å². The van der Waals surface area contributed by atoms with E-state index in [0.717, 1.165) is 40.6 Å². The van der Waals surface area contributed by atoms with E-state index < -0.39 is 35.4 Å². The molecular weight excluding hydrogens is 1540 g/mol. The summed E-state index contributed by atoms with van der Waals surface area (Å²) < 4.78 is 187. The van der Waals surface area contributed by atoms with Crippen molar-refractivity contribution in [1.29, 1.82) is 0 Å². The van der Waals surface area contributed by atoms with Gasteiger partial charge in [-0.15, -0.1) is 0 Å². The van der Waals surface area contributed by atoms with Gasteiger partial charge < -0.3 is 133 Å². The SMILES string of the molecule is COCCOCCOCCOCCOCCOCCOCCOCCOCCOCCOCCOCCCC1(CCCOCCOCCOCCOCCOCCOCCOCCOCCOCCOCCOCCOC)c2cc(B3OC(C)(C)C(C)(C)O3)ccc2-c2ccc(-c3cc(F)c(-c4ccc(OCCCCN)cc4)cc3F)cc21. The Hall–Kier alpha value is -4.48. The van der Waals surface area contributed by atoms with Crippen LogP contribution in [0, 0.1) is 11.6 Å². The standard InChI is InChI=1S/C87H140BF2NO27/c1-85(2)86(3,4)118-88(117-85)75-14-18-78-77-17-13-74(80-72-83(89)79(71-84(80)90)73-11-15-76(16-12-73)116-24-8-7-21-91)69-81(77)87(82(78)70-75,19-9-22-94-29-31-98-37-39-102-45-47-106-53-55-110-61-63-114-67-65-112-59-57-108-51-49-104-43-41-100-35-33-96-27-25-92-5)20-10-23-95-30-32-99-38-40-103-46-48-107-54-56-111-62-64-115-68-66-113-60-58-109-52-50-105-44-42-101-36-34-97-28-26-93-6/h11-18,69-72H,7-10,19-68,91H2,1-6H3. The Morgan fingerprint density at radius 2 is 0.542 bits per heavy atom. The molecule has 0 atom stereocenters. The number of rotatable bonds is 82. The third-order valence-corrected chi connectivity index (χ3v) is 19.4. The number of nitrogens with two attached hydrogens (primary N) is 1. The van der Waals surface area contributed by atoms with E-state index in [-0.39, 0.29) is 11.1 Å². The summed E-state index contributed by atoms with van der Waals surface area (Å²) in [6, 6.07) is 22.1. The van der Waals surface area contributed by atoms with Gasteiger partial charge in [-0.25, -0.2) is 8.78 Å². The molecule has 0 saturated carbocycles. The third-order valence-electron chi connectivity index (χ3n) is 19.4. The summed E-state index contributed by atoms with van der Waals surface area (Å²) in [7, 11) is 2.66. The molecule has 0 radical (unpaired) electrons. The number of halogens is 2. The molecule has 0 bridgehead atoms. The van der Waals surface area contributed by atoms with Gasteiger partial charge in [0, 0.05) is 44.0 Å². The van der Waals surface area contributed by atoms with Crippen molar-refractivity contribution in [2.24, 2.45) is 5.73 Å². The van der Waals surface area contributed by atoms with Crippen molar-refractivity contribution in [2.75, 3.05) is 331 Å². The quantitative estimate of drug-likeness (QED) is 0.0318. The number of fused-ring (bicyclic) bond motifs is 3. The molecule has 0 amide bonds. The summed E-state index contributed by atoms with van der Waals surface area (Å²) in [6.45, 7) is 30.8. The van der Waals surface area contributed by atoms with Crippen molar-refractivity contribution in [3.8, 4) is 39.1 Å². The van der Waals surface area contributed by atoms with Crippen LogP contribution in [0.2, 0.25) is 0 Å². The zero-order valence-corrected chi connectivity index (χ0v) is 71.5. The van der Waals surface area contributed by atoms with Gasteiger partial charge in [0.2, 0.25) is 0 Å². The van der Waals surface area contributed by atoms with Crippen molar-refractivity contribution in [3.63, 3.8) is 0 Å². The number of ether oxygens (including phenoxy) is 25. The monoisotopic (exact) mass is 1680 g/mol. The summed E-state index contributed by atoms with van der Waals surface area (Å²) in [5.74, 6) is -0.436. The highest BCUT2D eigenvalue weighted by atomic mass is 19.1. The molecule has 31 heteroatoms. The fraction of sp³-hybridized carbons (Fsp3) is 0.724. The van der Waals surface area contributed by atoms with Gasteiger partial charge in [0.25, 0.3) is 0 Å². The number of benzene rings is 4. The van der Waals surface area contributed by atoms with Crippen LogP contribution in [0.1, 0.15) is 77.3 Å². The van der Waals surface area contributed by atoms with E-state index in [1.54, 1.807) is 38.5 Å². The minimum atomic E-state index is -0.621. The van der Waals surface area contributed by atoms with Crippen molar-refractivity contribution >= 4 is 12.6 Å². The van der Waals surface area contributed by atoms with Crippen LogP contribution in [-0.2, 0) is 128 Å². The predicted octanol–water partition coefficient (Wildman–Crippen LogP) is 9.20. The van der Waals surface area contributed by atoms with E-state index in [0.29, 0.717) is 360 Å².